The van der Waals surface area contributed by atoms with E-state index >= 15 is 0 Å². The van der Waals surface area contributed by atoms with Gasteiger partial charge in [-0.05, 0) is 35.0 Å². The first-order valence-electron chi connectivity index (χ1n) is 4.08. The van der Waals surface area contributed by atoms with Gasteiger partial charge in [-0.25, -0.2) is 4.79 Å². The summed E-state index contributed by atoms with van der Waals surface area (Å²) in [7, 11) is 0. The maximum atomic E-state index is 11.4. The molecule has 0 aliphatic heterocycles. The van der Waals surface area contributed by atoms with Crippen molar-refractivity contribution in [3.05, 3.63) is 22.2 Å². The van der Waals surface area contributed by atoms with Gasteiger partial charge in [0.05, 0.1) is 16.6 Å². The topological polar surface area (TPSA) is 78.3 Å². The lowest BCUT2D eigenvalue weighted by atomic mass is 10.2. The van der Waals surface area contributed by atoms with Crippen molar-refractivity contribution in [2.24, 2.45) is 0 Å². The van der Waals surface area contributed by atoms with Crippen LogP contribution in [-0.2, 0) is 4.74 Å². The molecule has 4 nitrogen and oxygen atoms in total. The summed E-state index contributed by atoms with van der Waals surface area (Å²) in [4.78, 5) is 11.4. The Balaban J connectivity index is 3.13. The molecule has 0 fully saturated rings. The lowest BCUT2D eigenvalue weighted by molar-refractivity contribution is 0.0525. The number of nitrogens with two attached hydrogens (primary N) is 2. The third-order valence-corrected chi connectivity index (χ3v) is 2.50. The van der Waals surface area contributed by atoms with Crippen LogP contribution in [-0.4, -0.2) is 12.6 Å². The Hall–Kier alpha value is -1.23. The highest BCUT2D eigenvalue weighted by atomic mass is 79.9. The number of nitrogen functional groups attached to an aromatic ring is 2. The van der Waals surface area contributed by atoms with Gasteiger partial charge in [0.1, 0.15) is 0 Å². The Labute approximate surface area is 90.3 Å². The fourth-order valence-corrected chi connectivity index (χ4v) is 1.42. The van der Waals surface area contributed by atoms with Crippen molar-refractivity contribution in [1.82, 2.24) is 0 Å². The van der Waals surface area contributed by atoms with E-state index in [1.165, 1.54) is 6.07 Å². The zero-order chi connectivity index (χ0) is 10.7. The molecule has 1 aromatic rings. The van der Waals surface area contributed by atoms with E-state index in [4.69, 9.17) is 16.2 Å². The molecule has 5 heteroatoms. The predicted octanol–water partition coefficient (Wildman–Crippen LogP) is 1.79. The largest absolute Gasteiger partial charge is 0.462 e. The van der Waals surface area contributed by atoms with Crippen LogP contribution in [0.15, 0.2) is 16.6 Å². The van der Waals surface area contributed by atoms with E-state index in [1.807, 2.05) is 0 Å². The van der Waals surface area contributed by atoms with Crippen LogP contribution in [0, 0.1) is 0 Å². The number of benzene rings is 1. The number of carbonyl (C=O) groups excluding carboxylic acids is 1. The lowest BCUT2D eigenvalue weighted by Gasteiger charge is -2.07. The average molecular weight is 259 g/mol. The summed E-state index contributed by atoms with van der Waals surface area (Å²) in [6.45, 7) is 2.06. The number of hydrogen-bond donors (Lipinski definition) is 2. The molecule has 0 spiro atoms. The monoisotopic (exact) mass is 258 g/mol. The van der Waals surface area contributed by atoms with Crippen molar-refractivity contribution in [2.75, 3.05) is 18.1 Å². The summed E-state index contributed by atoms with van der Waals surface area (Å²) < 4.78 is 5.36. The summed E-state index contributed by atoms with van der Waals surface area (Å²) in [6.07, 6.45) is 0. The highest BCUT2D eigenvalue weighted by Gasteiger charge is 2.13. The van der Waals surface area contributed by atoms with E-state index in [0.717, 1.165) is 0 Å². The molecule has 14 heavy (non-hydrogen) atoms. The minimum absolute atomic E-state index is 0.319. The molecule has 0 amide bonds. The number of carbonyl (C=O) groups is 1. The predicted molar refractivity (Wildman–Crippen MR) is 58.9 cm³/mol. The fourth-order valence-electron chi connectivity index (χ4n) is 1.03. The molecule has 0 bridgehead atoms. The van der Waals surface area contributed by atoms with Crippen LogP contribution in [0.1, 0.15) is 17.3 Å². The minimum Gasteiger partial charge on any atom is -0.462 e. The van der Waals surface area contributed by atoms with Crippen molar-refractivity contribution in [1.29, 1.82) is 0 Å². The molecule has 0 unspecified atom stereocenters. The molecule has 0 atom stereocenters. The van der Waals surface area contributed by atoms with E-state index in [1.54, 1.807) is 13.0 Å². The molecule has 0 aliphatic rings. The summed E-state index contributed by atoms with van der Waals surface area (Å²) in [5.41, 5.74) is 12.4. The Morgan fingerprint density at radius 2 is 2.14 bits per heavy atom. The second-order valence-corrected chi connectivity index (χ2v) is 3.49. The summed E-state index contributed by atoms with van der Waals surface area (Å²) in [5.74, 6) is -0.432. The SMILES string of the molecule is CCOC(=O)c1cc(N)cc(N)c1Br. The van der Waals surface area contributed by atoms with E-state index in [0.29, 0.717) is 28.0 Å². The van der Waals surface area contributed by atoms with Gasteiger partial charge in [0.25, 0.3) is 0 Å². The highest BCUT2D eigenvalue weighted by Crippen LogP contribution is 2.27. The van der Waals surface area contributed by atoms with E-state index < -0.39 is 5.97 Å². The van der Waals surface area contributed by atoms with Crippen LogP contribution < -0.4 is 11.5 Å². The Kier molecular flexibility index (Phi) is 3.35. The normalized spacial score (nSPS) is 9.86. The van der Waals surface area contributed by atoms with Crippen molar-refractivity contribution in [3.63, 3.8) is 0 Å². The van der Waals surface area contributed by atoms with Crippen molar-refractivity contribution in [2.45, 2.75) is 6.92 Å². The first kappa shape index (κ1) is 10.8. The average Bonchev–Trinajstić information content (AvgIpc) is 2.11. The second-order valence-electron chi connectivity index (χ2n) is 2.69. The van der Waals surface area contributed by atoms with Gasteiger partial charge in [0.15, 0.2) is 0 Å². The zero-order valence-electron chi connectivity index (χ0n) is 7.71. The van der Waals surface area contributed by atoms with Crippen LogP contribution in [0.2, 0.25) is 0 Å². The number of anilines is 2. The quantitative estimate of drug-likeness (QED) is 0.627. The zero-order valence-corrected chi connectivity index (χ0v) is 9.30. The number of rotatable bonds is 2. The van der Waals surface area contributed by atoms with Crippen molar-refractivity contribution >= 4 is 33.3 Å². The van der Waals surface area contributed by atoms with Crippen LogP contribution in [0.3, 0.4) is 0 Å². The molecule has 0 saturated heterocycles. The van der Waals surface area contributed by atoms with Gasteiger partial charge in [-0.2, -0.15) is 0 Å². The third kappa shape index (κ3) is 2.17. The third-order valence-electron chi connectivity index (χ3n) is 1.62. The molecule has 1 rings (SSSR count). The van der Waals surface area contributed by atoms with Crippen LogP contribution >= 0.6 is 15.9 Å². The van der Waals surface area contributed by atoms with Gasteiger partial charge < -0.3 is 16.2 Å². The Morgan fingerprint density at radius 1 is 1.50 bits per heavy atom. The van der Waals surface area contributed by atoms with E-state index in [9.17, 15) is 4.79 Å². The summed E-state index contributed by atoms with van der Waals surface area (Å²) in [5, 5.41) is 0. The first-order valence-corrected chi connectivity index (χ1v) is 4.87. The molecule has 0 aliphatic carbocycles. The van der Waals surface area contributed by atoms with Crippen LogP contribution in [0.5, 0.6) is 0 Å². The molecule has 0 saturated carbocycles. The van der Waals surface area contributed by atoms with Gasteiger partial charge in [-0.3, -0.25) is 0 Å². The molecular formula is C9H11BrN2O2. The molecular weight excluding hydrogens is 248 g/mol. The van der Waals surface area contributed by atoms with Gasteiger partial charge >= 0.3 is 5.97 Å². The van der Waals surface area contributed by atoms with Gasteiger partial charge in [0, 0.05) is 11.4 Å². The Bertz CT molecular complexity index is 366. The molecule has 1 aromatic carbocycles. The standard InChI is InChI=1S/C9H11BrN2O2/c1-2-14-9(13)6-3-5(11)4-7(12)8(6)10/h3-4H,2,11-12H2,1H3. The number of ether oxygens (including phenoxy) is 1. The molecule has 0 aromatic heterocycles. The van der Waals surface area contributed by atoms with E-state index in [-0.39, 0.29) is 0 Å². The molecule has 76 valence electrons. The number of esters is 1. The van der Waals surface area contributed by atoms with Crippen LogP contribution in [0.4, 0.5) is 11.4 Å². The van der Waals surface area contributed by atoms with Gasteiger partial charge in [0.2, 0.25) is 0 Å². The second kappa shape index (κ2) is 4.32. The maximum absolute atomic E-state index is 11.4. The highest BCUT2D eigenvalue weighted by molar-refractivity contribution is 9.10. The van der Waals surface area contributed by atoms with Crippen LogP contribution in [0.25, 0.3) is 0 Å². The summed E-state index contributed by atoms with van der Waals surface area (Å²) in [6, 6.07) is 3.10. The van der Waals surface area contributed by atoms with Gasteiger partial charge in [-0.1, -0.05) is 0 Å². The maximum Gasteiger partial charge on any atom is 0.339 e. The summed E-state index contributed by atoms with van der Waals surface area (Å²) >= 11 is 3.20. The first-order chi connectivity index (χ1) is 6.56. The van der Waals surface area contributed by atoms with Crippen molar-refractivity contribution < 1.29 is 9.53 Å². The number of halogens is 1. The van der Waals surface area contributed by atoms with E-state index in [2.05, 4.69) is 15.9 Å². The van der Waals surface area contributed by atoms with Gasteiger partial charge in [-0.15, -0.1) is 0 Å². The van der Waals surface area contributed by atoms with Crippen molar-refractivity contribution in [3.8, 4) is 0 Å². The molecule has 0 heterocycles. The fraction of sp³-hybridized carbons (Fsp3) is 0.222. The lowest BCUT2D eigenvalue weighted by Crippen LogP contribution is -2.07. The number of hydrogen-bond acceptors (Lipinski definition) is 4. The molecule has 4 N–H and O–H groups in total. The molecule has 0 radical (unpaired) electrons. The Morgan fingerprint density at radius 3 is 2.71 bits per heavy atom. The smallest absolute Gasteiger partial charge is 0.339 e. The minimum atomic E-state index is -0.432.